The van der Waals surface area contributed by atoms with Crippen LogP contribution in [0.3, 0.4) is 0 Å². The van der Waals surface area contributed by atoms with Crippen LogP contribution in [0.5, 0.6) is 5.75 Å². The molecule has 0 heterocycles. The lowest BCUT2D eigenvalue weighted by Gasteiger charge is -2.07. The minimum atomic E-state index is 0.0500. The number of hydrogen-bond donors (Lipinski definition) is 0. The number of carbonyl (C=O) groups excluding carboxylic acids is 1. The molecule has 0 spiro atoms. The minimum absolute atomic E-state index is 0.0500. The highest BCUT2D eigenvalue weighted by Gasteiger charge is 2.11. The van der Waals surface area contributed by atoms with Gasteiger partial charge in [-0.1, -0.05) is 42.0 Å². The molecule has 2 aromatic rings. The third-order valence-corrected chi connectivity index (χ3v) is 3.51. The molecule has 118 valence electrons. The molecule has 0 aliphatic rings. The van der Waals surface area contributed by atoms with Gasteiger partial charge in [0.05, 0.1) is 7.11 Å². The molecular formula is C21H22O2. The predicted molar refractivity (Wildman–Crippen MR) is 95.8 cm³/mol. The first-order valence-corrected chi connectivity index (χ1v) is 7.68. The predicted octanol–water partition coefficient (Wildman–Crippen LogP) is 5.32. The van der Waals surface area contributed by atoms with Crippen LogP contribution in [0.4, 0.5) is 0 Å². The van der Waals surface area contributed by atoms with E-state index >= 15 is 0 Å². The maximum Gasteiger partial charge on any atom is 0.189 e. The molecule has 0 bridgehead atoms. The fourth-order valence-corrected chi connectivity index (χ4v) is 2.21. The van der Waals surface area contributed by atoms with E-state index in [1.807, 2.05) is 74.5 Å². The van der Waals surface area contributed by atoms with E-state index in [0.29, 0.717) is 12.0 Å². The summed E-state index contributed by atoms with van der Waals surface area (Å²) in [5.74, 6) is 0.799. The number of Topliss-reactive ketones (excluding diaryl/α,β-unsaturated/α-hetero) is 1. The van der Waals surface area contributed by atoms with E-state index < -0.39 is 0 Å². The minimum Gasteiger partial charge on any atom is -0.497 e. The molecule has 2 nitrogen and oxygen atoms in total. The van der Waals surface area contributed by atoms with Gasteiger partial charge in [0, 0.05) is 11.1 Å². The second-order valence-electron chi connectivity index (χ2n) is 5.62. The highest BCUT2D eigenvalue weighted by Crippen LogP contribution is 2.19. The Morgan fingerprint density at radius 3 is 2.22 bits per heavy atom. The van der Waals surface area contributed by atoms with Crippen molar-refractivity contribution in [2.75, 3.05) is 7.11 Å². The molecule has 0 aliphatic heterocycles. The molecule has 23 heavy (non-hydrogen) atoms. The van der Waals surface area contributed by atoms with Crippen LogP contribution in [-0.4, -0.2) is 12.9 Å². The summed E-state index contributed by atoms with van der Waals surface area (Å²) in [5.41, 5.74) is 3.69. The Morgan fingerprint density at radius 1 is 1.00 bits per heavy atom. The number of ether oxygens (including phenoxy) is 1. The lowest BCUT2D eigenvalue weighted by Crippen LogP contribution is -2.03. The van der Waals surface area contributed by atoms with Gasteiger partial charge in [0.1, 0.15) is 5.75 Å². The smallest absolute Gasteiger partial charge is 0.189 e. The van der Waals surface area contributed by atoms with E-state index in [1.165, 1.54) is 5.57 Å². The van der Waals surface area contributed by atoms with Crippen molar-refractivity contribution in [3.63, 3.8) is 0 Å². The Morgan fingerprint density at radius 2 is 1.65 bits per heavy atom. The normalized spacial score (nSPS) is 11.0. The number of hydrogen-bond acceptors (Lipinski definition) is 2. The standard InChI is InChI=1S/C21H22O2/c1-16(2)9-10-19(15-17-7-5-4-6-8-17)21(22)18-11-13-20(23-3)14-12-18/h4-9,11-15H,10H2,1-3H3. The van der Waals surface area contributed by atoms with E-state index in [0.717, 1.165) is 16.9 Å². The van der Waals surface area contributed by atoms with Crippen LogP contribution in [0.2, 0.25) is 0 Å². The quantitative estimate of drug-likeness (QED) is 0.410. The summed E-state index contributed by atoms with van der Waals surface area (Å²) in [6.45, 7) is 4.08. The van der Waals surface area contributed by atoms with E-state index in [9.17, 15) is 4.79 Å². The number of rotatable bonds is 6. The Bertz CT molecular complexity index is 703. The van der Waals surface area contributed by atoms with Gasteiger partial charge in [0.2, 0.25) is 0 Å². The van der Waals surface area contributed by atoms with Crippen LogP contribution < -0.4 is 4.74 Å². The Balaban J connectivity index is 2.33. The fourth-order valence-electron chi connectivity index (χ4n) is 2.21. The van der Waals surface area contributed by atoms with Gasteiger partial charge in [-0.2, -0.15) is 0 Å². The first-order valence-electron chi connectivity index (χ1n) is 7.68. The van der Waals surface area contributed by atoms with Crippen LogP contribution in [0.1, 0.15) is 36.2 Å². The van der Waals surface area contributed by atoms with Crippen LogP contribution in [0.15, 0.2) is 71.8 Å². The molecule has 0 radical (unpaired) electrons. The van der Waals surface area contributed by atoms with E-state index in [1.54, 1.807) is 7.11 Å². The van der Waals surface area contributed by atoms with Crippen molar-refractivity contribution in [1.29, 1.82) is 0 Å². The zero-order valence-electron chi connectivity index (χ0n) is 13.9. The molecule has 2 aromatic carbocycles. The fraction of sp³-hybridized carbons (Fsp3) is 0.190. The van der Waals surface area contributed by atoms with Gasteiger partial charge in [-0.15, -0.1) is 0 Å². The number of methoxy groups -OCH3 is 1. The Kier molecular flexibility index (Phi) is 5.93. The maximum atomic E-state index is 12.8. The summed E-state index contributed by atoms with van der Waals surface area (Å²) in [6, 6.07) is 17.2. The number of carbonyl (C=O) groups is 1. The average Bonchev–Trinajstić information content (AvgIpc) is 2.59. The van der Waals surface area contributed by atoms with Gasteiger partial charge in [-0.05, 0) is 56.2 Å². The third-order valence-electron chi connectivity index (χ3n) is 3.51. The monoisotopic (exact) mass is 306 g/mol. The molecule has 0 atom stereocenters. The molecule has 0 saturated heterocycles. The van der Waals surface area contributed by atoms with E-state index in [-0.39, 0.29) is 5.78 Å². The van der Waals surface area contributed by atoms with Gasteiger partial charge >= 0.3 is 0 Å². The molecule has 0 amide bonds. The summed E-state index contributed by atoms with van der Waals surface area (Å²) in [6.07, 6.45) is 4.67. The molecule has 2 rings (SSSR count). The van der Waals surface area contributed by atoms with Crippen molar-refractivity contribution in [2.24, 2.45) is 0 Å². The first-order chi connectivity index (χ1) is 11.1. The van der Waals surface area contributed by atoms with Gasteiger partial charge in [-0.3, -0.25) is 4.79 Å². The molecule has 0 aliphatic carbocycles. The zero-order chi connectivity index (χ0) is 16.7. The molecule has 0 saturated carbocycles. The van der Waals surface area contributed by atoms with E-state index in [2.05, 4.69) is 6.08 Å². The molecule has 2 heteroatoms. The average molecular weight is 306 g/mol. The Hall–Kier alpha value is -2.61. The lowest BCUT2D eigenvalue weighted by molar-refractivity contribution is 0.103. The van der Waals surface area contributed by atoms with Crippen LogP contribution in [0.25, 0.3) is 6.08 Å². The Labute approximate surface area is 138 Å². The summed E-state index contributed by atoms with van der Waals surface area (Å²) >= 11 is 0. The maximum absolute atomic E-state index is 12.8. The number of allylic oxidation sites excluding steroid dienone is 3. The van der Waals surface area contributed by atoms with Gasteiger partial charge in [0.15, 0.2) is 5.78 Å². The highest BCUT2D eigenvalue weighted by molar-refractivity contribution is 6.11. The van der Waals surface area contributed by atoms with Crippen molar-refractivity contribution in [2.45, 2.75) is 20.3 Å². The summed E-state index contributed by atoms with van der Waals surface area (Å²) in [4.78, 5) is 12.8. The van der Waals surface area contributed by atoms with Crippen molar-refractivity contribution in [1.82, 2.24) is 0 Å². The van der Waals surface area contributed by atoms with E-state index in [4.69, 9.17) is 4.74 Å². The van der Waals surface area contributed by atoms with Crippen LogP contribution in [-0.2, 0) is 0 Å². The molecule has 0 N–H and O–H groups in total. The van der Waals surface area contributed by atoms with Crippen molar-refractivity contribution in [3.8, 4) is 5.75 Å². The van der Waals surface area contributed by atoms with Gasteiger partial charge in [0.25, 0.3) is 0 Å². The van der Waals surface area contributed by atoms with Crippen LogP contribution >= 0.6 is 0 Å². The molecule has 0 fully saturated rings. The summed E-state index contributed by atoms with van der Waals surface area (Å²) < 4.78 is 5.15. The molecular weight excluding hydrogens is 284 g/mol. The van der Waals surface area contributed by atoms with Gasteiger partial charge < -0.3 is 4.74 Å². The van der Waals surface area contributed by atoms with Crippen molar-refractivity contribution >= 4 is 11.9 Å². The summed E-state index contributed by atoms with van der Waals surface area (Å²) in [5, 5.41) is 0. The van der Waals surface area contributed by atoms with Gasteiger partial charge in [-0.25, -0.2) is 0 Å². The largest absolute Gasteiger partial charge is 0.497 e. The third kappa shape index (κ3) is 4.96. The molecule has 0 unspecified atom stereocenters. The second kappa shape index (κ2) is 8.14. The topological polar surface area (TPSA) is 26.3 Å². The number of ketones is 1. The lowest BCUT2D eigenvalue weighted by atomic mass is 9.97. The first kappa shape index (κ1) is 16.8. The number of benzene rings is 2. The van der Waals surface area contributed by atoms with Crippen LogP contribution in [0, 0.1) is 0 Å². The SMILES string of the molecule is COc1ccc(C(=O)C(=Cc2ccccc2)CC=C(C)C)cc1. The zero-order valence-corrected chi connectivity index (χ0v) is 13.9. The second-order valence-corrected chi connectivity index (χ2v) is 5.62. The van der Waals surface area contributed by atoms with Crippen molar-refractivity contribution in [3.05, 3.63) is 82.9 Å². The molecule has 0 aromatic heterocycles. The summed E-state index contributed by atoms with van der Waals surface area (Å²) in [7, 11) is 1.62. The van der Waals surface area contributed by atoms with Crippen molar-refractivity contribution < 1.29 is 9.53 Å². The highest BCUT2D eigenvalue weighted by atomic mass is 16.5.